The number of fused-ring (bicyclic) bond motifs is 2. The van der Waals surface area contributed by atoms with E-state index in [0.29, 0.717) is 37.4 Å². The molecule has 2 aliphatic heterocycles. The molecule has 30 heavy (non-hydrogen) atoms. The van der Waals surface area contributed by atoms with E-state index >= 15 is 0 Å². The highest BCUT2D eigenvalue weighted by molar-refractivity contribution is 6.01. The monoisotopic (exact) mass is 406 g/mol. The van der Waals surface area contributed by atoms with E-state index in [1.165, 1.54) is 18.2 Å². The van der Waals surface area contributed by atoms with Crippen LogP contribution < -0.4 is 5.32 Å². The molecule has 8 nitrogen and oxygen atoms in total. The summed E-state index contributed by atoms with van der Waals surface area (Å²) in [6.07, 6.45) is 2.26. The highest BCUT2D eigenvalue weighted by Crippen LogP contribution is 2.33. The summed E-state index contributed by atoms with van der Waals surface area (Å²) in [4.78, 5) is 31.4. The lowest BCUT2D eigenvalue weighted by atomic mass is 9.89. The minimum Gasteiger partial charge on any atom is -0.337 e. The van der Waals surface area contributed by atoms with Gasteiger partial charge in [0.25, 0.3) is 11.8 Å². The number of pyridine rings is 1. The first-order valence-electron chi connectivity index (χ1n) is 9.78. The van der Waals surface area contributed by atoms with Gasteiger partial charge in [-0.15, -0.1) is 10.2 Å². The molecule has 4 heterocycles. The average molecular weight is 406 g/mol. The minimum absolute atomic E-state index is 0.0789. The van der Waals surface area contributed by atoms with Crippen LogP contribution in [0.15, 0.2) is 48.7 Å². The Bertz CT molecular complexity index is 1120. The minimum atomic E-state index is -0.433. The number of nitrogens with zero attached hydrogens (tertiary/aromatic N) is 5. The summed E-state index contributed by atoms with van der Waals surface area (Å²) in [6, 6.07) is 11.0. The second-order valence-electron chi connectivity index (χ2n) is 7.66. The van der Waals surface area contributed by atoms with E-state index in [1.807, 2.05) is 9.47 Å². The molecule has 1 fully saturated rings. The number of nitrogens with one attached hydrogen (secondary N) is 1. The number of carbonyl (C=O) groups excluding carboxylic acids is 2. The van der Waals surface area contributed by atoms with Crippen molar-refractivity contribution >= 4 is 17.5 Å². The predicted octanol–water partition coefficient (Wildman–Crippen LogP) is 2.01. The maximum absolute atomic E-state index is 13.4. The van der Waals surface area contributed by atoms with Crippen molar-refractivity contribution in [1.29, 1.82) is 0 Å². The van der Waals surface area contributed by atoms with Crippen molar-refractivity contribution in [3.05, 3.63) is 71.8 Å². The molecule has 1 N–H and O–H groups in total. The average Bonchev–Trinajstić information content (AvgIpc) is 3.35. The maximum Gasteiger partial charge on any atom is 0.293 e. The molecule has 0 aliphatic carbocycles. The standard InChI is InChI=1S/C21H19FN6O2/c22-15-4-3-5-16(9-15)24-20(29)19-26-25-18-8-13-10-27(11-14(13)12-28(18)19)21(30)17-6-1-2-7-23-17/h1-7,9,13-14H,8,10-12H2,(H,24,29)/t13-,14-/m0/s1. The largest absolute Gasteiger partial charge is 0.337 e. The Morgan fingerprint density at radius 2 is 1.90 bits per heavy atom. The van der Waals surface area contributed by atoms with Crippen LogP contribution in [0.1, 0.15) is 26.9 Å². The Morgan fingerprint density at radius 3 is 2.70 bits per heavy atom. The fourth-order valence-electron chi connectivity index (χ4n) is 4.26. The van der Waals surface area contributed by atoms with Gasteiger partial charge in [-0.1, -0.05) is 12.1 Å². The summed E-state index contributed by atoms with van der Waals surface area (Å²) >= 11 is 0. The van der Waals surface area contributed by atoms with Crippen LogP contribution in [0.4, 0.5) is 10.1 Å². The molecular weight excluding hydrogens is 387 g/mol. The number of rotatable bonds is 3. The van der Waals surface area contributed by atoms with E-state index in [9.17, 15) is 14.0 Å². The third kappa shape index (κ3) is 3.32. The normalized spacial score (nSPS) is 19.8. The van der Waals surface area contributed by atoms with Crippen LogP contribution in [0.3, 0.4) is 0 Å². The number of hydrogen-bond donors (Lipinski definition) is 1. The number of hydrogen-bond acceptors (Lipinski definition) is 5. The van der Waals surface area contributed by atoms with Crippen molar-refractivity contribution in [2.24, 2.45) is 11.8 Å². The van der Waals surface area contributed by atoms with Crippen molar-refractivity contribution in [3.63, 3.8) is 0 Å². The second-order valence-corrected chi connectivity index (χ2v) is 7.66. The fraction of sp³-hybridized carbons (Fsp3) is 0.286. The summed E-state index contributed by atoms with van der Waals surface area (Å²) in [6.45, 7) is 1.80. The van der Waals surface area contributed by atoms with Gasteiger partial charge in [-0.3, -0.25) is 14.6 Å². The fourth-order valence-corrected chi connectivity index (χ4v) is 4.26. The third-order valence-corrected chi connectivity index (χ3v) is 5.72. The first-order valence-corrected chi connectivity index (χ1v) is 9.78. The zero-order valence-corrected chi connectivity index (χ0v) is 16.0. The second kappa shape index (κ2) is 7.33. The van der Waals surface area contributed by atoms with Gasteiger partial charge in [-0.25, -0.2) is 4.39 Å². The lowest BCUT2D eigenvalue weighted by molar-refractivity contribution is 0.0777. The number of benzene rings is 1. The van der Waals surface area contributed by atoms with Crippen molar-refractivity contribution < 1.29 is 14.0 Å². The zero-order valence-electron chi connectivity index (χ0n) is 16.0. The summed E-state index contributed by atoms with van der Waals surface area (Å²) in [5, 5.41) is 10.9. The Hall–Kier alpha value is -3.62. The van der Waals surface area contributed by atoms with E-state index in [2.05, 4.69) is 20.5 Å². The van der Waals surface area contributed by atoms with Crippen LogP contribution >= 0.6 is 0 Å². The molecular formula is C21H19FN6O2. The van der Waals surface area contributed by atoms with Crippen molar-refractivity contribution in [1.82, 2.24) is 24.6 Å². The van der Waals surface area contributed by atoms with Crippen molar-refractivity contribution in [3.8, 4) is 0 Å². The number of likely N-dealkylation sites (tertiary alicyclic amines) is 1. The molecule has 2 atom stereocenters. The molecule has 0 radical (unpaired) electrons. The Morgan fingerprint density at radius 1 is 1.03 bits per heavy atom. The topological polar surface area (TPSA) is 93.0 Å². The van der Waals surface area contributed by atoms with E-state index < -0.39 is 11.7 Å². The molecule has 0 unspecified atom stereocenters. The molecule has 1 aromatic carbocycles. The van der Waals surface area contributed by atoms with Crippen LogP contribution in [-0.4, -0.2) is 49.6 Å². The molecule has 2 aliphatic rings. The van der Waals surface area contributed by atoms with Gasteiger partial charge in [0.15, 0.2) is 0 Å². The van der Waals surface area contributed by atoms with Crippen molar-refractivity contribution in [2.75, 3.05) is 18.4 Å². The van der Waals surface area contributed by atoms with Crippen LogP contribution in [0.25, 0.3) is 0 Å². The summed E-state index contributed by atoms with van der Waals surface area (Å²) in [7, 11) is 0. The van der Waals surface area contributed by atoms with E-state index in [1.54, 1.807) is 30.5 Å². The van der Waals surface area contributed by atoms with E-state index in [-0.39, 0.29) is 23.6 Å². The van der Waals surface area contributed by atoms with Crippen LogP contribution in [-0.2, 0) is 13.0 Å². The number of carbonyl (C=O) groups is 2. The molecule has 1 saturated heterocycles. The molecule has 5 rings (SSSR count). The van der Waals surface area contributed by atoms with Gasteiger partial charge in [-0.2, -0.15) is 0 Å². The predicted molar refractivity (Wildman–Crippen MR) is 105 cm³/mol. The highest BCUT2D eigenvalue weighted by Gasteiger charge is 2.41. The number of anilines is 1. The molecule has 152 valence electrons. The molecule has 0 saturated carbocycles. The molecule has 2 aromatic heterocycles. The molecule has 0 bridgehead atoms. The van der Waals surface area contributed by atoms with Gasteiger partial charge in [-0.05, 0) is 42.2 Å². The molecule has 3 aromatic rings. The molecule has 9 heteroatoms. The Labute approximate surface area is 171 Å². The summed E-state index contributed by atoms with van der Waals surface area (Å²) in [5.41, 5.74) is 0.796. The van der Waals surface area contributed by atoms with Crippen LogP contribution in [0, 0.1) is 17.7 Å². The zero-order chi connectivity index (χ0) is 20.7. The lowest BCUT2D eigenvalue weighted by Gasteiger charge is -2.25. The third-order valence-electron chi connectivity index (χ3n) is 5.72. The summed E-state index contributed by atoms with van der Waals surface area (Å²) in [5.74, 6) is 0.468. The van der Waals surface area contributed by atoms with Gasteiger partial charge in [0.05, 0.1) is 0 Å². The van der Waals surface area contributed by atoms with E-state index in [0.717, 1.165) is 5.82 Å². The van der Waals surface area contributed by atoms with Gasteiger partial charge in [0.1, 0.15) is 17.3 Å². The highest BCUT2D eigenvalue weighted by atomic mass is 19.1. The summed E-state index contributed by atoms with van der Waals surface area (Å²) < 4.78 is 15.2. The lowest BCUT2D eigenvalue weighted by Crippen LogP contribution is -2.31. The quantitative estimate of drug-likeness (QED) is 0.718. The number of halogens is 1. The number of aromatic nitrogens is 4. The number of amides is 2. The van der Waals surface area contributed by atoms with E-state index in [4.69, 9.17) is 0 Å². The molecule has 0 spiro atoms. The SMILES string of the molecule is O=C(Nc1cccc(F)c1)c1nnc2n1C[C@@H]1CN(C(=O)c3ccccn3)C[C@@H]1C2. The van der Waals surface area contributed by atoms with Crippen LogP contribution in [0.5, 0.6) is 0 Å². The van der Waals surface area contributed by atoms with Gasteiger partial charge >= 0.3 is 0 Å². The first kappa shape index (κ1) is 18.4. The smallest absolute Gasteiger partial charge is 0.293 e. The van der Waals surface area contributed by atoms with Crippen molar-refractivity contribution in [2.45, 2.75) is 13.0 Å². The first-order chi connectivity index (χ1) is 14.6. The van der Waals surface area contributed by atoms with Gasteiger partial charge in [0, 0.05) is 37.9 Å². The van der Waals surface area contributed by atoms with Gasteiger partial charge in [0.2, 0.25) is 5.82 Å². The van der Waals surface area contributed by atoms with Crippen LogP contribution in [0.2, 0.25) is 0 Å². The van der Waals surface area contributed by atoms with Gasteiger partial charge < -0.3 is 14.8 Å². The Balaban J connectivity index is 1.31. The maximum atomic E-state index is 13.4. The molecule has 2 amide bonds. The Kier molecular flexibility index (Phi) is 4.50.